The summed E-state index contributed by atoms with van der Waals surface area (Å²) in [4.78, 5) is 0.843. The number of aromatic nitrogens is 2. The highest BCUT2D eigenvalue weighted by Gasteiger charge is 2.08. The second-order valence-corrected chi connectivity index (χ2v) is 5.84. The molecule has 1 aromatic carbocycles. The highest BCUT2D eigenvalue weighted by atomic mass is 32.2. The lowest BCUT2D eigenvalue weighted by atomic mass is 10.4. The van der Waals surface area contributed by atoms with Crippen LogP contribution in [0.4, 0.5) is 0 Å². The molecule has 2 rings (SSSR count). The molecule has 0 saturated carbocycles. The molecular formula is C11H12N2OS2. The van der Waals surface area contributed by atoms with Gasteiger partial charge in [0.1, 0.15) is 10.0 Å². The zero-order valence-corrected chi connectivity index (χ0v) is 10.6. The number of aryl methyl sites for hydroxylation is 1. The number of rotatable bonds is 4. The van der Waals surface area contributed by atoms with Gasteiger partial charge >= 0.3 is 0 Å². The van der Waals surface area contributed by atoms with E-state index in [2.05, 4.69) is 10.2 Å². The maximum absolute atomic E-state index is 12.0. The third kappa shape index (κ3) is 2.74. The Balaban J connectivity index is 2.08. The molecule has 1 atom stereocenters. The molecule has 0 spiro atoms. The molecule has 0 aliphatic carbocycles. The normalized spacial score (nSPS) is 12.6. The van der Waals surface area contributed by atoms with Crippen molar-refractivity contribution in [3.63, 3.8) is 0 Å². The van der Waals surface area contributed by atoms with Gasteiger partial charge < -0.3 is 0 Å². The Kier molecular flexibility index (Phi) is 3.79. The lowest BCUT2D eigenvalue weighted by molar-refractivity contribution is 0.682. The average Bonchev–Trinajstić information content (AvgIpc) is 2.78. The van der Waals surface area contributed by atoms with Crippen molar-refractivity contribution in [1.29, 1.82) is 0 Å². The van der Waals surface area contributed by atoms with Gasteiger partial charge in [-0.25, -0.2) is 0 Å². The largest absolute Gasteiger partial charge is 0.254 e. The molecule has 16 heavy (non-hydrogen) atoms. The second-order valence-electron chi connectivity index (χ2n) is 3.25. The minimum Gasteiger partial charge on any atom is -0.254 e. The van der Waals surface area contributed by atoms with E-state index in [-0.39, 0.29) is 0 Å². The minimum absolute atomic E-state index is 0.460. The summed E-state index contributed by atoms with van der Waals surface area (Å²) in [7, 11) is -1.02. The molecule has 2 aromatic rings. The van der Waals surface area contributed by atoms with Crippen molar-refractivity contribution in [2.24, 2.45) is 0 Å². The van der Waals surface area contributed by atoms with Gasteiger partial charge in [-0.2, -0.15) is 0 Å². The van der Waals surface area contributed by atoms with E-state index >= 15 is 0 Å². The standard InChI is InChI=1S/C11H12N2OS2/c1-2-10-12-13-11(15-10)8-16(14)9-6-4-3-5-7-9/h3-7H,2,8H2,1H3. The van der Waals surface area contributed by atoms with E-state index in [1.165, 1.54) is 0 Å². The first-order chi connectivity index (χ1) is 7.79. The SMILES string of the molecule is CCc1nnc(CS(=O)c2ccccc2)s1. The van der Waals surface area contributed by atoms with Crippen molar-refractivity contribution < 1.29 is 4.21 Å². The van der Waals surface area contributed by atoms with Gasteiger partial charge in [-0.05, 0) is 18.6 Å². The Morgan fingerprint density at radius 2 is 1.88 bits per heavy atom. The summed E-state index contributed by atoms with van der Waals surface area (Å²) in [6.07, 6.45) is 0.885. The summed E-state index contributed by atoms with van der Waals surface area (Å²) in [5, 5.41) is 9.89. The summed E-state index contributed by atoms with van der Waals surface area (Å²) in [5.41, 5.74) is 0. The zero-order valence-electron chi connectivity index (χ0n) is 8.92. The second kappa shape index (κ2) is 5.32. The molecule has 0 radical (unpaired) electrons. The fourth-order valence-electron chi connectivity index (χ4n) is 1.26. The molecule has 0 N–H and O–H groups in total. The zero-order chi connectivity index (χ0) is 11.4. The van der Waals surface area contributed by atoms with Crippen LogP contribution < -0.4 is 0 Å². The summed E-state index contributed by atoms with van der Waals surface area (Å²) in [6, 6.07) is 9.45. The maximum atomic E-state index is 12.0. The molecule has 0 amide bonds. The van der Waals surface area contributed by atoms with Crippen LogP contribution in [0.3, 0.4) is 0 Å². The van der Waals surface area contributed by atoms with E-state index in [0.29, 0.717) is 5.75 Å². The number of benzene rings is 1. The number of hydrogen-bond donors (Lipinski definition) is 0. The Morgan fingerprint density at radius 3 is 2.50 bits per heavy atom. The van der Waals surface area contributed by atoms with Crippen LogP contribution in [-0.2, 0) is 23.0 Å². The molecule has 0 bridgehead atoms. The Morgan fingerprint density at radius 1 is 1.19 bits per heavy atom. The maximum Gasteiger partial charge on any atom is 0.130 e. The van der Waals surface area contributed by atoms with Crippen LogP contribution in [0.5, 0.6) is 0 Å². The van der Waals surface area contributed by atoms with Crippen molar-refractivity contribution in [2.75, 3.05) is 0 Å². The molecule has 5 heteroatoms. The van der Waals surface area contributed by atoms with Crippen molar-refractivity contribution in [3.05, 3.63) is 40.3 Å². The lowest BCUT2D eigenvalue weighted by Crippen LogP contribution is -1.95. The first-order valence-corrected chi connectivity index (χ1v) is 7.18. The van der Waals surface area contributed by atoms with Crippen LogP contribution in [0.25, 0.3) is 0 Å². The van der Waals surface area contributed by atoms with Crippen LogP contribution >= 0.6 is 11.3 Å². The summed E-state index contributed by atoms with van der Waals surface area (Å²) >= 11 is 1.54. The highest BCUT2D eigenvalue weighted by Crippen LogP contribution is 2.15. The molecule has 1 heterocycles. The molecule has 3 nitrogen and oxygen atoms in total. The summed E-state index contributed by atoms with van der Waals surface area (Å²) < 4.78 is 12.0. The van der Waals surface area contributed by atoms with Crippen LogP contribution in [0.1, 0.15) is 16.9 Å². The van der Waals surface area contributed by atoms with E-state index < -0.39 is 10.8 Å². The minimum atomic E-state index is -1.02. The van der Waals surface area contributed by atoms with Crippen molar-refractivity contribution >= 4 is 22.1 Å². The monoisotopic (exact) mass is 252 g/mol. The van der Waals surface area contributed by atoms with Crippen molar-refractivity contribution in [2.45, 2.75) is 24.0 Å². The first-order valence-electron chi connectivity index (χ1n) is 5.04. The van der Waals surface area contributed by atoms with E-state index in [0.717, 1.165) is 21.3 Å². The molecule has 0 aliphatic heterocycles. The van der Waals surface area contributed by atoms with E-state index in [1.54, 1.807) is 11.3 Å². The summed E-state index contributed by atoms with van der Waals surface area (Å²) in [6.45, 7) is 2.04. The summed E-state index contributed by atoms with van der Waals surface area (Å²) in [5.74, 6) is 0.460. The van der Waals surface area contributed by atoms with Crippen molar-refractivity contribution in [1.82, 2.24) is 10.2 Å². The van der Waals surface area contributed by atoms with Gasteiger partial charge in [-0.1, -0.05) is 25.1 Å². The van der Waals surface area contributed by atoms with Crippen LogP contribution in [0.2, 0.25) is 0 Å². The van der Waals surface area contributed by atoms with Crippen LogP contribution in [0.15, 0.2) is 35.2 Å². The Hall–Kier alpha value is -1.07. The van der Waals surface area contributed by atoms with Gasteiger partial charge in [0, 0.05) is 4.90 Å². The molecule has 0 fully saturated rings. The van der Waals surface area contributed by atoms with Gasteiger partial charge in [0.25, 0.3) is 0 Å². The topological polar surface area (TPSA) is 42.9 Å². The number of nitrogens with zero attached hydrogens (tertiary/aromatic N) is 2. The molecule has 1 unspecified atom stereocenters. The fourth-order valence-corrected chi connectivity index (χ4v) is 3.30. The van der Waals surface area contributed by atoms with Gasteiger partial charge in [0.15, 0.2) is 0 Å². The van der Waals surface area contributed by atoms with Gasteiger partial charge in [0.05, 0.1) is 16.6 Å². The smallest absolute Gasteiger partial charge is 0.130 e. The van der Waals surface area contributed by atoms with Crippen LogP contribution in [-0.4, -0.2) is 14.4 Å². The molecule has 1 aromatic heterocycles. The molecule has 84 valence electrons. The Bertz CT molecular complexity index is 482. The van der Waals surface area contributed by atoms with E-state index in [4.69, 9.17) is 0 Å². The first kappa shape index (κ1) is 11.4. The number of hydrogen-bond acceptors (Lipinski definition) is 4. The van der Waals surface area contributed by atoms with Crippen LogP contribution in [0, 0.1) is 0 Å². The lowest BCUT2D eigenvalue weighted by Gasteiger charge is -1.97. The highest BCUT2D eigenvalue weighted by molar-refractivity contribution is 7.84. The molecule has 0 aliphatic rings. The van der Waals surface area contributed by atoms with Gasteiger partial charge in [-0.15, -0.1) is 21.5 Å². The van der Waals surface area contributed by atoms with Crippen molar-refractivity contribution in [3.8, 4) is 0 Å². The third-order valence-electron chi connectivity index (χ3n) is 2.07. The van der Waals surface area contributed by atoms with Gasteiger partial charge in [0.2, 0.25) is 0 Å². The van der Waals surface area contributed by atoms with E-state index in [1.807, 2.05) is 37.3 Å². The fraction of sp³-hybridized carbons (Fsp3) is 0.273. The third-order valence-corrected chi connectivity index (χ3v) is 4.66. The Labute approximate surface area is 101 Å². The average molecular weight is 252 g/mol. The van der Waals surface area contributed by atoms with Gasteiger partial charge in [-0.3, -0.25) is 4.21 Å². The molecular weight excluding hydrogens is 240 g/mol. The molecule has 0 saturated heterocycles. The quantitative estimate of drug-likeness (QED) is 0.839. The predicted molar refractivity (Wildman–Crippen MR) is 65.8 cm³/mol. The predicted octanol–water partition coefficient (Wildman–Crippen LogP) is 2.41. The van der Waals surface area contributed by atoms with E-state index in [9.17, 15) is 4.21 Å².